The minimum atomic E-state index is -1.14. The van der Waals surface area contributed by atoms with Crippen LogP contribution in [0.4, 0.5) is 0 Å². The Morgan fingerprint density at radius 2 is 1.54 bits per heavy atom. The number of allylic oxidation sites excluding steroid dienone is 1. The molecular weight excluding hydrogens is 675 g/mol. The van der Waals surface area contributed by atoms with Crippen LogP contribution in [0.1, 0.15) is 139 Å². The predicted molar refractivity (Wildman–Crippen MR) is 216 cm³/mol. The SMILES string of the molecule is C=C(C)[C@@H]1CC[C@]2(CC(=O)N3CCN(CCCN(C)C)CC3)CC[C@]3(C)[C@H](CC[C@@H]4[C@@]5(C)CC[C@H](OC(=O)CC(C)(C)C(=O)O)C(C)(C)[C@@H]5CC[C@]43C)[C@@H]12. The van der Waals surface area contributed by atoms with Crippen LogP contribution in [0.25, 0.3) is 0 Å². The highest BCUT2D eigenvalue weighted by atomic mass is 16.5. The fourth-order valence-corrected chi connectivity index (χ4v) is 14.7. The maximum atomic E-state index is 14.3. The molecule has 6 rings (SSSR count). The van der Waals surface area contributed by atoms with Crippen LogP contribution in [0.5, 0.6) is 0 Å². The van der Waals surface area contributed by atoms with Crippen LogP contribution in [0.2, 0.25) is 0 Å². The zero-order valence-corrected chi connectivity index (χ0v) is 36.0. The number of nitrogens with zero attached hydrogens (tertiary/aromatic N) is 3. The molecule has 1 heterocycles. The summed E-state index contributed by atoms with van der Waals surface area (Å²) < 4.78 is 6.20. The standard InChI is InChI=1S/C46H77N3O5/c1-31(2)32-15-20-46(29-37(50)49-27-25-48(26-28-49)24-12-23-47(10)11)22-21-44(8)33(39(32)46)13-14-35-43(7)18-17-36(54-38(51)30-41(3,4)40(52)53)42(5,6)34(43)16-19-45(35,44)9/h32-36,39H,1,12-30H2,2-11H3,(H,52,53)/t32-,33+,34-,35+,36-,39+,43-,44+,45+,46+/m0/s1. The number of carbonyl (C=O) groups excluding carboxylic acids is 2. The topological polar surface area (TPSA) is 90.4 Å². The van der Waals surface area contributed by atoms with E-state index in [1.165, 1.54) is 44.1 Å². The average Bonchev–Trinajstić information content (AvgIpc) is 3.46. The van der Waals surface area contributed by atoms with Crippen molar-refractivity contribution < 1.29 is 24.2 Å². The van der Waals surface area contributed by atoms with Gasteiger partial charge in [-0.1, -0.05) is 46.8 Å². The molecule has 1 N–H and O–H groups in total. The Kier molecular flexibility index (Phi) is 11.4. The van der Waals surface area contributed by atoms with Gasteiger partial charge < -0.3 is 19.6 Å². The second kappa shape index (κ2) is 14.8. The van der Waals surface area contributed by atoms with Gasteiger partial charge in [0, 0.05) is 38.0 Å². The fraction of sp³-hybridized carbons (Fsp3) is 0.891. The van der Waals surface area contributed by atoms with Gasteiger partial charge >= 0.3 is 11.9 Å². The lowest BCUT2D eigenvalue weighted by Gasteiger charge is -2.73. The summed E-state index contributed by atoms with van der Waals surface area (Å²) in [7, 11) is 4.28. The Labute approximate surface area is 328 Å². The van der Waals surface area contributed by atoms with Crippen LogP contribution < -0.4 is 0 Å². The molecule has 0 spiro atoms. The quantitative estimate of drug-likeness (QED) is 0.167. The monoisotopic (exact) mass is 752 g/mol. The van der Waals surface area contributed by atoms with Crippen molar-refractivity contribution in [2.75, 3.05) is 53.4 Å². The summed E-state index contributed by atoms with van der Waals surface area (Å²) in [6.45, 7) is 28.6. The van der Waals surface area contributed by atoms with Crippen LogP contribution in [-0.4, -0.2) is 97.1 Å². The van der Waals surface area contributed by atoms with Crippen LogP contribution in [0, 0.1) is 62.1 Å². The Morgan fingerprint density at radius 1 is 0.852 bits per heavy atom. The molecule has 0 aromatic carbocycles. The van der Waals surface area contributed by atoms with Crippen molar-refractivity contribution in [2.24, 2.45) is 62.1 Å². The number of hydrogen-bond donors (Lipinski definition) is 1. The molecule has 5 aliphatic carbocycles. The zero-order valence-electron chi connectivity index (χ0n) is 36.0. The number of carboxylic acid groups (broad SMARTS) is 1. The molecule has 0 aromatic heterocycles. The highest BCUT2D eigenvalue weighted by Crippen LogP contribution is 2.78. The first-order chi connectivity index (χ1) is 25.1. The normalized spacial score (nSPS) is 40.6. The van der Waals surface area contributed by atoms with Crippen molar-refractivity contribution in [3.05, 3.63) is 12.2 Å². The molecule has 8 nitrogen and oxygen atoms in total. The average molecular weight is 752 g/mol. The smallest absolute Gasteiger partial charge is 0.309 e. The maximum Gasteiger partial charge on any atom is 0.309 e. The number of amides is 1. The Balaban J connectivity index is 1.18. The largest absolute Gasteiger partial charge is 0.481 e. The van der Waals surface area contributed by atoms with E-state index in [-0.39, 0.29) is 45.6 Å². The van der Waals surface area contributed by atoms with Gasteiger partial charge in [0.15, 0.2) is 0 Å². The van der Waals surface area contributed by atoms with Gasteiger partial charge in [-0.05, 0) is 170 Å². The lowest BCUT2D eigenvalue weighted by atomic mass is 9.32. The lowest BCUT2D eigenvalue weighted by molar-refractivity contribution is -0.250. The van der Waals surface area contributed by atoms with Crippen molar-refractivity contribution in [3.8, 4) is 0 Å². The summed E-state index contributed by atoms with van der Waals surface area (Å²) in [5.41, 5.74) is 0.633. The minimum absolute atomic E-state index is 0.0805. The van der Waals surface area contributed by atoms with Gasteiger partial charge in [0.1, 0.15) is 6.10 Å². The fourth-order valence-electron chi connectivity index (χ4n) is 14.7. The van der Waals surface area contributed by atoms with Gasteiger partial charge in [0.25, 0.3) is 0 Å². The summed E-state index contributed by atoms with van der Waals surface area (Å²) >= 11 is 0. The number of carbonyl (C=O) groups is 3. The summed E-state index contributed by atoms with van der Waals surface area (Å²) in [6, 6.07) is 0. The van der Waals surface area contributed by atoms with E-state index in [1.807, 2.05) is 0 Å². The van der Waals surface area contributed by atoms with Crippen molar-refractivity contribution in [2.45, 2.75) is 145 Å². The first kappa shape index (κ1) is 41.7. The van der Waals surface area contributed by atoms with E-state index in [2.05, 4.69) is 76.9 Å². The molecular formula is C46H77N3O5. The predicted octanol–water partition coefficient (Wildman–Crippen LogP) is 8.54. The third kappa shape index (κ3) is 7.02. The zero-order chi connectivity index (χ0) is 39.6. The number of fused-ring (bicyclic) bond motifs is 7. The lowest BCUT2D eigenvalue weighted by Crippen LogP contribution is -2.67. The third-order valence-electron chi connectivity index (χ3n) is 17.9. The molecule has 0 aromatic rings. The second-order valence-corrected chi connectivity index (χ2v) is 21.8. The molecule has 1 amide bonds. The molecule has 6 fully saturated rings. The van der Waals surface area contributed by atoms with Gasteiger partial charge in [-0.2, -0.15) is 0 Å². The molecule has 0 radical (unpaired) electrons. The van der Waals surface area contributed by atoms with Gasteiger partial charge in [-0.3, -0.25) is 19.3 Å². The molecule has 0 bridgehead atoms. The van der Waals surface area contributed by atoms with Gasteiger partial charge in [-0.25, -0.2) is 0 Å². The van der Waals surface area contributed by atoms with E-state index in [0.29, 0.717) is 41.9 Å². The van der Waals surface area contributed by atoms with Gasteiger partial charge in [0.05, 0.1) is 11.8 Å². The number of esters is 1. The summed E-state index contributed by atoms with van der Waals surface area (Å²) in [5.74, 6) is 1.70. The minimum Gasteiger partial charge on any atom is -0.481 e. The van der Waals surface area contributed by atoms with Crippen molar-refractivity contribution in [1.82, 2.24) is 14.7 Å². The molecule has 10 atom stereocenters. The van der Waals surface area contributed by atoms with E-state index < -0.39 is 11.4 Å². The second-order valence-electron chi connectivity index (χ2n) is 21.8. The van der Waals surface area contributed by atoms with E-state index in [0.717, 1.165) is 71.4 Å². The summed E-state index contributed by atoms with van der Waals surface area (Å²) in [4.78, 5) is 46.2. The highest BCUT2D eigenvalue weighted by Gasteiger charge is 2.71. The molecule has 1 aliphatic heterocycles. The summed E-state index contributed by atoms with van der Waals surface area (Å²) in [6.07, 6.45) is 13.0. The van der Waals surface area contributed by atoms with Gasteiger partial charge in [-0.15, -0.1) is 0 Å². The number of carboxylic acids is 1. The first-order valence-electron chi connectivity index (χ1n) is 21.8. The number of aliphatic carboxylic acids is 1. The molecule has 8 heteroatoms. The Bertz CT molecular complexity index is 1450. The molecule has 1 saturated heterocycles. The number of ether oxygens (including phenoxy) is 1. The Hall–Kier alpha value is -1.93. The Morgan fingerprint density at radius 3 is 2.17 bits per heavy atom. The number of piperazine rings is 1. The van der Waals surface area contributed by atoms with E-state index in [4.69, 9.17) is 4.74 Å². The van der Waals surface area contributed by atoms with E-state index in [9.17, 15) is 19.5 Å². The summed E-state index contributed by atoms with van der Waals surface area (Å²) in [5, 5.41) is 9.63. The molecule has 54 heavy (non-hydrogen) atoms. The van der Waals surface area contributed by atoms with E-state index >= 15 is 0 Å². The van der Waals surface area contributed by atoms with E-state index in [1.54, 1.807) is 13.8 Å². The van der Waals surface area contributed by atoms with Crippen LogP contribution >= 0.6 is 0 Å². The van der Waals surface area contributed by atoms with Crippen LogP contribution in [0.15, 0.2) is 12.2 Å². The maximum absolute atomic E-state index is 14.3. The molecule has 0 unspecified atom stereocenters. The van der Waals surface area contributed by atoms with Gasteiger partial charge in [0.2, 0.25) is 5.91 Å². The third-order valence-corrected chi connectivity index (χ3v) is 17.9. The van der Waals surface area contributed by atoms with Crippen LogP contribution in [0.3, 0.4) is 0 Å². The molecule has 5 saturated carbocycles. The first-order valence-corrected chi connectivity index (χ1v) is 21.8. The number of hydrogen-bond acceptors (Lipinski definition) is 6. The number of rotatable bonds is 11. The molecule has 6 aliphatic rings. The van der Waals surface area contributed by atoms with Crippen LogP contribution in [-0.2, 0) is 19.1 Å². The van der Waals surface area contributed by atoms with Crippen molar-refractivity contribution >= 4 is 17.8 Å². The highest BCUT2D eigenvalue weighted by molar-refractivity contribution is 5.81. The van der Waals surface area contributed by atoms with Crippen molar-refractivity contribution in [3.63, 3.8) is 0 Å². The van der Waals surface area contributed by atoms with Crippen molar-refractivity contribution in [1.29, 1.82) is 0 Å². The molecule has 306 valence electrons.